The van der Waals surface area contributed by atoms with Crippen LogP contribution in [-0.2, 0) is 21.3 Å². The van der Waals surface area contributed by atoms with Crippen molar-refractivity contribution in [2.75, 3.05) is 20.3 Å². The van der Waals surface area contributed by atoms with Crippen LogP contribution in [-0.4, -0.2) is 42.8 Å². The van der Waals surface area contributed by atoms with E-state index in [9.17, 15) is 9.59 Å². The summed E-state index contributed by atoms with van der Waals surface area (Å²) in [5.41, 5.74) is 1.77. The smallest absolute Gasteiger partial charge is 0.355 e. The second-order valence-electron chi connectivity index (χ2n) is 6.05. The Bertz CT molecular complexity index is 729. The molecule has 0 aromatic carbocycles. The van der Waals surface area contributed by atoms with Gasteiger partial charge in [0.1, 0.15) is 11.5 Å². The summed E-state index contributed by atoms with van der Waals surface area (Å²) in [7, 11) is 3.32. The molecule has 0 fully saturated rings. The molecule has 1 N–H and O–H groups in total. The molecule has 24 heavy (non-hydrogen) atoms. The second kappa shape index (κ2) is 7.53. The number of aromatic nitrogens is 1. The lowest BCUT2D eigenvalue weighted by Crippen LogP contribution is -2.42. The van der Waals surface area contributed by atoms with E-state index in [1.165, 1.54) is 0 Å². The van der Waals surface area contributed by atoms with Crippen molar-refractivity contribution in [3.8, 4) is 0 Å². The molecule has 0 spiro atoms. The van der Waals surface area contributed by atoms with Crippen molar-refractivity contribution in [2.45, 2.75) is 26.9 Å². The zero-order valence-corrected chi connectivity index (χ0v) is 14.7. The number of methoxy groups -OCH3 is 1. The van der Waals surface area contributed by atoms with Crippen molar-refractivity contribution in [3.05, 3.63) is 23.6 Å². The van der Waals surface area contributed by atoms with E-state index in [-0.39, 0.29) is 11.8 Å². The van der Waals surface area contributed by atoms with Crippen molar-refractivity contribution < 1.29 is 23.5 Å². The van der Waals surface area contributed by atoms with Crippen LogP contribution in [0.25, 0.3) is 11.1 Å². The second-order valence-corrected chi connectivity index (χ2v) is 6.05. The van der Waals surface area contributed by atoms with E-state index in [1.807, 2.05) is 26.8 Å². The van der Waals surface area contributed by atoms with Crippen molar-refractivity contribution in [3.63, 3.8) is 0 Å². The summed E-state index contributed by atoms with van der Waals surface area (Å²) >= 11 is 0. The first-order valence-corrected chi connectivity index (χ1v) is 7.88. The maximum atomic E-state index is 12.5. The number of ether oxygens (including phenoxy) is 2. The third-order valence-electron chi connectivity index (χ3n) is 3.77. The lowest BCUT2D eigenvalue weighted by atomic mass is 10.1. The third-order valence-corrected chi connectivity index (χ3v) is 3.77. The number of rotatable bonds is 7. The zero-order valence-electron chi connectivity index (χ0n) is 14.7. The number of hydrogen-bond donors (Lipinski definition) is 1. The molecule has 2 aromatic rings. The Hall–Kier alpha value is -2.28. The predicted molar refractivity (Wildman–Crippen MR) is 88.8 cm³/mol. The van der Waals surface area contributed by atoms with Crippen LogP contribution in [0.1, 0.15) is 30.1 Å². The van der Waals surface area contributed by atoms with Gasteiger partial charge in [-0.05, 0) is 12.8 Å². The van der Waals surface area contributed by atoms with Crippen molar-refractivity contribution in [2.24, 2.45) is 13.0 Å². The summed E-state index contributed by atoms with van der Waals surface area (Å²) in [6.07, 6.45) is -0.864. The summed E-state index contributed by atoms with van der Waals surface area (Å²) in [5.74, 6) is -0.263. The molecule has 1 atom stereocenters. The lowest BCUT2D eigenvalue weighted by molar-refractivity contribution is -0.132. The van der Waals surface area contributed by atoms with Gasteiger partial charge in [0.15, 0.2) is 11.7 Å². The molecule has 132 valence electrons. The van der Waals surface area contributed by atoms with Crippen molar-refractivity contribution in [1.29, 1.82) is 0 Å². The number of esters is 1. The fraction of sp³-hybridized carbons (Fsp3) is 0.529. The number of hydrogen-bond acceptors (Lipinski definition) is 5. The Morgan fingerprint density at radius 2 is 2.04 bits per heavy atom. The van der Waals surface area contributed by atoms with Gasteiger partial charge in [-0.1, -0.05) is 13.8 Å². The number of nitrogens with zero attached hydrogens (tertiary/aromatic N) is 1. The molecular weight excluding hydrogens is 312 g/mol. The van der Waals surface area contributed by atoms with Gasteiger partial charge in [0.05, 0.1) is 12.1 Å². The monoisotopic (exact) mass is 336 g/mol. The number of nitrogens with one attached hydrogen (secondary N) is 1. The zero-order chi connectivity index (χ0) is 17.9. The van der Waals surface area contributed by atoms with Crippen LogP contribution in [0.3, 0.4) is 0 Å². The minimum Gasteiger partial charge on any atom is -0.460 e. The fourth-order valence-electron chi connectivity index (χ4n) is 2.48. The molecule has 7 nitrogen and oxygen atoms in total. The Morgan fingerprint density at radius 1 is 1.33 bits per heavy atom. The molecule has 0 radical (unpaired) electrons. The Labute approximate surface area is 140 Å². The molecule has 0 aliphatic carbocycles. The van der Waals surface area contributed by atoms with Gasteiger partial charge in [-0.15, -0.1) is 0 Å². The number of amides is 1. The first-order valence-electron chi connectivity index (χ1n) is 7.88. The average molecular weight is 336 g/mol. The molecule has 2 aromatic heterocycles. The summed E-state index contributed by atoms with van der Waals surface area (Å²) in [6.45, 7) is 6.27. The molecule has 0 saturated carbocycles. The number of fused-ring (bicyclic) bond motifs is 1. The van der Waals surface area contributed by atoms with E-state index in [2.05, 4.69) is 5.32 Å². The number of furan rings is 1. The first kappa shape index (κ1) is 18.1. The SMILES string of the molecule is COCCNC(=O)[C@H](OC(=O)c1cc2oc(C)cc2n1C)C(C)C. The summed E-state index contributed by atoms with van der Waals surface area (Å²) in [6, 6.07) is 3.48. The van der Waals surface area contributed by atoms with Crippen LogP contribution in [0.2, 0.25) is 0 Å². The molecule has 2 rings (SSSR count). The van der Waals surface area contributed by atoms with Crippen molar-refractivity contribution >= 4 is 23.0 Å². The Morgan fingerprint density at radius 3 is 2.62 bits per heavy atom. The highest BCUT2D eigenvalue weighted by molar-refractivity contribution is 5.95. The normalized spacial score (nSPS) is 12.6. The molecule has 2 heterocycles. The molecule has 1 amide bonds. The van der Waals surface area contributed by atoms with Gasteiger partial charge in [0.25, 0.3) is 5.91 Å². The van der Waals surface area contributed by atoms with E-state index in [1.54, 1.807) is 24.8 Å². The molecule has 0 bridgehead atoms. The highest BCUT2D eigenvalue weighted by atomic mass is 16.5. The highest BCUT2D eigenvalue weighted by Crippen LogP contribution is 2.23. The molecule has 0 saturated heterocycles. The summed E-state index contributed by atoms with van der Waals surface area (Å²) in [4.78, 5) is 24.7. The number of carbonyl (C=O) groups excluding carboxylic acids is 2. The summed E-state index contributed by atoms with van der Waals surface area (Å²) in [5, 5.41) is 2.70. The quantitative estimate of drug-likeness (QED) is 0.618. The van der Waals surface area contributed by atoms with Crippen LogP contribution in [0, 0.1) is 12.8 Å². The predicted octanol–water partition coefficient (Wildman–Crippen LogP) is 2.02. The lowest BCUT2D eigenvalue weighted by Gasteiger charge is -2.20. The van der Waals surface area contributed by atoms with E-state index < -0.39 is 12.1 Å². The Kier molecular flexibility index (Phi) is 5.66. The van der Waals surface area contributed by atoms with Gasteiger partial charge in [-0.3, -0.25) is 4.79 Å². The van der Waals surface area contributed by atoms with E-state index in [0.717, 1.165) is 11.3 Å². The molecule has 7 heteroatoms. The van der Waals surface area contributed by atoms with Gasteiger partial charge in [0.2, 0.25) is 0 Å². The first-order chi connectivity index (χ1) is 11.3. The van der Waals surface area contributed by atoms with Crippen LogP contribution >= 0.6 is 0 Å². The van der Waals surface area contributed by atoms with E-state index in [0.29, 0.717) is 24.4 Å². The maximum absolute atomic E-state index is 12.5. The van der Waals surface area contributed by atoms with Gasteiger partial charge in [-0.25, -0.2) is 4.79 Å². The fourth-order valence-corrected chi connectivity index (χ4v) is 2.48. The molecule has 0 unspecified atom stereocenters. The van der Waals surface area contributed by atoms with E-state index in [4.69, 9.17) is 13.9 Å². The van der Waals surface area contributed by atoms with Crippen molar-refractivity contribution in [1.82, 2.24) is 9.88 Å². The molecule has 0 aliphatic heterocycles. The number of carbonyl (C=O) groups is 2. The van der Waals surface area contributed by atoms with Crippen LogP contribution < -0.4 is 5.32 Å². The van der Waals surface area contributed by atoms with Crippen LogP contribution in [0.4, 0.5) is 0 Å². The van der Waals surface area contributed by atoms with Gasteiger partial charge >= 0.3 is 5.97 Å². The Balaban J connectivity index is 2.12. The standard InChI is InChI=1S/C17H24N2O5/c1-10(2)15(16(20)18-6-7-22-5)24-17(21)13-9-14-12(19(13)4)8-11(3)23-14/h8-10,15H,6-7H2,1-5H3,(H,18,20)/t15-/m1/s1. The minimum atomic E-state index is -0.864. The van der Waals surface area contributed by atoms with Gasteiger partial charge in [-0.2, -0.15) is 0 Å². The van der Waals surface area contributed by atoms with E-state index >= 15 is 0 Å². The highest BCUT2D eigenvalue weighted by Gasteiger charge is 2.28. The molecule has 0 aliphatic rings. The van der Waals surface area contributed by atoms with Crippen LogP contribution in [0.5, 0.6) is 0 Å². The molecular formula is C17H24N2O5. The summed E-state index contributed by atoms with van der Waals surface area (Å²) < 4.78 is 17.6. The van der Waals surface area contributed by atoms with Crippen LogP contribution in [0.15, 0.2) is 16.5 Å². The van der Waals surface area contributed by atoms with Gasteiger partial charge in [0, 0.05) is 32.8 Å². The average Bonchev–Trinajstić information content (AvgIpc) is 3.02. The largest absolute Gasteiger partial charge is 0.460 e. The van der Waals surface area contributed by atoms with Gasteiger partial charge < -0.3 is 23.8 Å². The third kappa shape index (κ3) is 3.79. The maximum Gasteiger partial charge on any atom is 0.355 e. The number of aryl methyl sites for hydroxylation is 2. The minimum absolute atomic E-state index is 0.151. The topological polar surface area (TPSA) is 82.7 Å².